The van der Waals surface area contributed by atoms with Crippen molar-refractivity contribution in [3.8, 4) is 0 Å². The minimum absolute atomic E-state index is 0. The van der Waals surface area contributed by atoms with Crippen LogP contribution in [0.25, 0.3) is 0 Å². The lowest BCUT2D eigenvalue weighted by Gasteiger charge is -2.27. The van der Waals surface area contributed by atoms with Gasteiger partial charge < -0.3 is 10.6 Å². The van der Waals surface area contributed by atoms with E-state index in [1.54, 1.807) is 4.88 Å². The molecule has 0 atom stereocenters. The van der Waals surface area contributed by atoms with E-state index in [0.29, 0.717) is 0 Å². The molecule has 0 aliphatic carbocycles. The molecule has 1 aromatic heterocycles. The summed E-state index contributed by atoms with van der Waals surface area (Å²) in [5.41, 5.74) is 4.06. The van der Waals surface area contributed by atoms with Gasteiger partial charge in [-0.2, -0.15) is 0 Å². The Morgan fingerprint density at radius 3 is 2.76 bits per heavy atom. The van der Waals surface area contributed by atoms with Crippen LogP contribution in [0.2, 0.25) is 0 Å². The number of nitrogens with zero attached hydrogens (tertiary/aromatic N) is 2. The quantitative estimate of drug-likeness (QED) is 0.400. The Balaban J connectivity index is 0.00000225. The Kier molecular flexibility index (Phi) is 8.18. The Labute approximate surface area is 171 Å². The molecule has 25 heavy (non-hydrogen) atoms. The number of aliphatic imine (C=N–C) groups is 1. The number of guanidine groups is 1. The predicted molar refractivity (Wildman–Crippen MR) is 118 cm³/mol. The van der Waals surface area contributed by atoms with Gasteiger partial charge in [0.15, 0.2) is 5.96 Å². The van der Waals surface area contributed by atoms with Crippen LogP contribution in [0.15, 0.2) is 40.7 Å². The molecule has 2 aromatic rings. The molecule has 2 N–H and O–H groups in total. The minimum Gasteiger partial charge on any atom is -0.355 e. The molecule has 0 saturated heterocycles. The van der Waals surface area contributed by atoms with Gasteiger partial charge in [0, 0.05) is 44.6 Å². The van der Waals surface area contributed by atoms with Crippen molar-refractivity contribution in [3.63, 3.8) is 0 Å². The van der Waals surface area contributed by atoms with Crippen LogP contribution < -0.4 is 10.6 Å². The van der Waals surface area contributed by atoms with Crippen molar-refractivity contribution in [2.75, 3.05) is 26.7 Å². The van der Waals surface area contributed by atoms with Gasteiger partial charge in [-0.15, -0.1) is 35.3 Å². The van der Waals surface area contributed by atoms with Crippen LogP contribution in [0.5, 0.6) is 0 Å². The summed E-state index contributed by atoms with van der Waals surface area (Å²) in [4.78, 5) is 8.38. The van der Waals surface area contributed by atoms with Crippen LogP contribution in [0, 0.1) is 6.92 Å². The van der Waals surface area contributed by atoms with E-state index in [0.717, 1.165) is 38.7 Å². The summed E-state index contributed by atoms with van der Waals surface area (Å²) in [6.45, 7) is 7.09. The van der Waals surface area contributed by atoms with Crippen LogP contribution in [-0.2, 0) is 19.5 Å². The molecule has 3 rings (SSSR count). The van der Waals surface area contributed by atoms with Crippen molar-refractivity contribution >= 4 is 41.3 Å². The summed E-state index contributed by atoms with van der Waals surface area (Å²) in [5.74, 6) is 0.865. The SMILES string of the molecule is CN=C(NCCN1CCc2sccc2C1)NCc1ccc(C)cc1.I. The third-order valence-corrected chi connectivity index (χ3v) is 5.43. The number of hydrogen-bond acceptors (Lipinski definition) is 3. The smallest absolute Gasteiger partial charge is 0.191 e. The van der Waals surface area contributed by atoms with Crippen LogP contribution in [0.3, 0.4) is 0 Å². The maximum Gasteiger partial charge on any atom is 0.191 e. The zero-order chi connectivity index (χ0) is 16.8. The molecule has 1 aliphatic rings. The first-order valence-electron chi connectivity index (χ1n) is 8.52. The molecule has 6 heteroatoms. The van der Waals surface area contributed by atoms with Crippen molar-refractivity contribution in [1.29, 1.82) is 0 Å². The summed E-state index contributed by atoms with van der Waals surface area (Å²) in [7, 11) is 1.82. The van der Waals surface area contributed by atoms with Crippen LogP contribution in [0.4, 0.5) is 0 Å². The van der Waals surface area contributed by atoms with Gasteiger partial charge in [0.1, 0.15) is 0 Å². The van der Waals surface area contributed by atoms with E-state index in [9.17, 15) is 0 Å². The van der Waals surface area contributed by atoms with Gasteiger partial charge in [-0.05, 0) is 35.9 Å². The Bertz CT molecular complexity index is 681. The molecule has 4 nitrogen and oxygen atoms in total. The lowest BCUT2D eigenvalue weighted by atomic mass is 10.1. The zero-order valence-corrected chi connectivity index (χ0v) is 18.1. The second kappa shape index (κ2) is 10.1. The minimum atomic E-state index is 0. The topological polar surface area (TPSA) is 39.7 Å². The molecule has 0 saturated carbocycles. The number of thiophene rings is 1. The van der Waals surface area contributed by atoms with Gasteiger partial charge in [0.05, 0.1) is 0 Å². The first-order valence-corrected chi connectivity index (χ1v) is 9.40. The van der Waals surface area contributed by atoms with E-state index in [4.69, 9.17) is 0 Å². The van der Waals surface area contributed by atoms with Crippen LogP contribution in [0.1, 0.15) is 21.6 Å². The summed E-state index contributed by atoms with van der Waals surface area (Å²) in [6.07, 6.45) is 1.19. The van der Waals surface area contributed by atoms with Crippen molar-refractivity contribution in [3.05, 3.63) is 57.3 Å². The van der Waals surface area contributed by atoms with E-state index in [1.807, 2.05) is 18.4 Å². The molecule has 0 bridgehead atoms. The van der Waals surface area contributed by atoms with Gasteiger partial charge in [-0.25, -0.2) is 0 Å². The van der Waals surface area contributed by atoms with Gasteiger partial charge in [-0.3, -0.25) is 9.89 Å². The van der Waals surface area contributed by atoms with Crippen molar-refractivity contribution in [2.24, 2.45) is 4.99 Å². The van der Waals surface area contributed by atoms with Crippen LogP contribution in [-0.4, -0.2) is 37.5 Å². The Morgan fingerprint density at radius 1 is 1.20 bits per heavy atom. The number of nitrogens with one attached hydrogen (secondary N) is 2. The monoisotopic (exact) mass is 470 g/mol. The van der Waals surface area contributed by atoms with E-state index in [2.05, 4.69) is 63.2 Å². The molecular weight excluding hydrogens is 443 g/mol. The van der Waals surface area contributed by atoms with E-state index in [1.165, 1.54) is 23.1 Å². The largest absolute Gasteiger partial charge is 0.355 e. The molecule has 0 radical (unpaired) electrons. The van der Waals surface area contributed by atoms with Crippen molar-refractivity contribution < 1.29 is 0 Å². The van der Waals surface area contributed by atoms with Crippen molar-refractivity contribution in [2.45, 2.75) is 26.4 Å². The predicted octanol–water partition coefficient (Wildman–Crippen LogP) is 3.40. The molecule has 0 spiro atoms. The Morgan fingerprint density at radius 2 is 2.00 bits per heavy atom. The molecule has 0 fully saturated rings. The first-order chi connectivity index (χ1) is 11.7. The fourth-order valence-corrected chi connectivity index (χ4v) is 3.83. The maximum atomic E-state index is 4.31. The number of fused-ring (bicyclic) bond motifs is 1. The highest BCUT2D eigenvalue weighted by Gasteiger charge is 2.16. The summed E-state index contributed by atoms with van der Waals surface area (Å²) < 4.78 is 0. The van der Waals surface area contributed by atoms with Gasteiger partial charge >= 0.3 is 0 Å². The number of aryl methyl sites for hydroxylation is 1. The molecule has 1 aliphatic heterocycles. The molecule has 2 heterocycles. The normalized spacial score (nSPS) is 14.6. The molecule has 1 aromatic carbocycles. The lowest BCUT2D eigenvalue weighted by Crippen LogP contribution is -2.42. The van der Waals surface area contributed by atoms with E-state index in [-0.39, 0.29) is 24.0 Å². The van der Waals surface area contributed by atoms with E-state index < -0.39 is 0 Å². The zero-order valence-electron chi connectivity index (χ0n) is 14.9. The summed E-state index contributed by atoms with van der Waals surface area (Å²) in [6, 6.07) is 10.9. The second-order valence-corrected chi connectivity index (χ2v) is 7.23. The van der Waals surface area contributed by atoms with Gasteiger partial charge in [0.25, 0.3) is 0 Å². The second-order valence-electron chi connectivity index (χ2n) is 6.23. The van der Waals surface area contributed by atoms with Crippen LogP contribution >= 0.6 is 35.3 Å². The average Bonchev–Trinajstić information content (AvgIpc) is 3.07. The summed E-state index contributed by atoms with van der Waals surface area (Å²) >= 11 is 1.89. The fraction of sp³-hybridized carbons (Fsp3) is 0.421. The Hall–Kier alpha value is -1.12. The highest BCUT2D eigenvalue weighted by Crippen LogP contribution is 2.23. The highest BCUT2D eigenvalue weighted by atomic mass is 127. The highest BCUT2D eigenvalue weighted by molar-refractivity contribution is 14.0. The number of benzene rings is 1. The molecule has 136 valence electrons. The van der Waals surface area contributed by atoms with Gasteiger partial charge in [-0.1, -0.05) is 29.8 Å². The molecular formula is C19H27IN4S. The number of hydrogen-bond donors (Lipinski definition) is 2. The third-order valence-electron chi connectivity index (χ3n) is 4.41. The average molecular weight is 470 g/mol. The van der Waals surface area contributed by atoms with Crippen molar-refractivity contribution in [1.82, 2.24) is 15.5 Å². The standard InChI is InChI=1S/C19H26N4S.HI/c1-15-3-5-16(6-4-15)13-22-19(20-2)21-9-11-23-10-7-18-17(14-23)8-12-24-18;/h3-6,8,12H,7,9-11,13-14H2,1-2H3,(H2,20,21,22);1H. The van der Waals surface area contributed by atoms with Gasteiger partial charge in [0.2, 0.25) is 0 Å². The maximum absolute atomic E-state index is 4.31. The number of halogens is 1. The molecule has 0 amide bonds. The number of rotatable bonds is 5. The first kappa shape index (κ1) is 20.2. The lowest BCUT2D eigenvalue weighted by molar-refractivity contribution is 0.260. The summed E-state index contributed by atoms with van der Waals surface area (Å²) in [5, 5.41) is 9.00. The van der Waals surface area contributed by atoms with E-state index >= 15 is 0 Å². The third kappa shape index (κ3) is 5.97. The molecule has 0 unspecified atom stereocenters. The fourth-order valence-electron chi connectivity index (χ4n) is 2.94.